The van der Waals surface area contributed by atoms with Gasteiger partial charge in [0.25, 0.3) is 0 Å². The van der Waals surface area contributed by atoms with E-state index in [1.165, 1.54) is 0 Å². The van der Waals surface area contributed by atoms with E-state index in [4.69, 9.17) is 9.31 Å². The molecule has 1 N–H and O–H groups in total. The number of imidazole rings is 1. The zero-order chi connectivity index (χ0) is 12.7. The molecule has 1 aliphatic heterocycles. The molecule has 4 nitrogen and oxygen atoms in total. The minimum Gasteiger partial charge on any atom is -0.400 e. The first-order valence-electron chi connectivity index (χ1n) is 5.86. The SMILES string of the molecule is Cc1cnc(/C=C/B2OC(C)(C)C(C)(C)O2)[nH]1. The number of rotatable bonds is 2. The molecule has 0 saturated carbocycles. The Balaban J connectivity index is 2.05. The van der Waals surface area contributed by atoms with Crippen molar-refractivity contribution in [3.05, 3.63) is 23.7 Å². The number of nitrogens with zero attached hydrogens (tertiary/aromatic N) is 1. The molecule has 2 heterocycles. The van der Waals surface area contributed by atoms with Gasteiger partial charge in [0.2, 0.25) is 0 Å². The quantitative estimate of drug-likeness (QED) is 0.799. The second kappa shape index (κ2) is 4.00. The minimum atomic E-state index is -0.314. The van der Waals surface area contributed by atoms with Crippen molar-refractivity contribution in [2.45, 2.75) is 45.8 Å². The molecule has 2 rings (SSSR count). The smallest absolute Gasteiger partial charge is 0.400 e. The van der Waals surface area contributed by atoms with Gasteiger partial charge in [-0.1, -0.05) is 5.98 Å². The van der Waals surface area contributed by atoms with Crippen LogP contribution in [-0.2, 0) is 9.31 Å². The predicted octanol–water partition coefficient (Wildman–Crippen LogP) is 2.36. The van der Waals surface area contributed by atoms with Crippen molar-refractivity contribution in [2.75, 3.05) is 0 Å². The molecule has 0 amide bonds. The van der Waals surface area contributed by atoms with Gasteiger partial charge in [-0.25, -0.2) is 4.98 Å². The number of aromatic amines is 1. The van der Waals surface area contributed by atoms with Crippen molar-refractivity contribution in [1.82, 2.24) is 9.97 Å². The lowest BCUT2D eigenvalue weighted by molar-refractivity contribution is 0.00578. The van der Waals surface area contributed by atoms with Crippen LogP contribution in [0.4, 0.5) is 0 Å². The van der Waals surface area contributed by atoms with Gasteiger partial charge in [0.05, 0.1) is 11.2 Å². The fourth-order valence-corrected chi connectivity index (χ4v) is 1.65. The first-order valence-corrected chi connectivity index (χ1v) is 5.86. The molecule has 1 fully saturated rings. The van der Waals surface area contributed by atoms with Crippen molar-refractivity contribution in [3.63, 3.8) is 0 Å². The molecule has 17 heavy (non-hydrogen) atoms. The van der Waals surface area contributed by atoms with Crippen LogP contribution in [0, 0.1) is 6.92 Å². The maximum Gasteiger partial charge on any atom is 0.487 e. The van der Waals surface area contributed by atoms with Crippen LogP contribution in [-0.4, -0.2) is 28.3 Å². The fraction of sp³-hybridized carbons (Fsp3) is 0.583. The third kappa shape index (κ3) is 2.45. The Hall–Kier alpha value is -1.07. The number of H-pyrrole nitrogens is 1. The van der Waals surface area contributed by atoms with E-state index in [9.17, 15) is 0 Å². The van der Waals surface area contributed by atoms with Crippen LogP contribution in [0.2, 0.25) is 0 Å². The van der Waals surface area contributed by atoms with Gasteiger partial charge in [0.1, 0.15) is 5.82 Å². The second-order valence-corrected chi connectivity index (χ2v) is 5.44. The van der Waals surface area contributed by atoms with Gasteiger partial charge in [-0.15, -0.1) is 0 Å². The molecule has 0 aliphatic carbocycles. The van der Waals surface area contributed by atoms with Crippen LogP contribution in [0.1, 0.15) is 39.2 Å². The number of aromatic nitrogens is 2. The fourth-order valence-electron chi connectivity index (χ4n) is 1.65. The first kappa shape index (κ1) is 12.4. The van der Waals surface area contributed by atoms with Gasteiger partial charge in [-0.2, -0.15) is 0 Å². The number of hydrogen-bond acceptors (Lipinski definition) is 3. The van der Waals surface area contributed by atoms with Gasteiger partial charge in [0.15, 0.2) is 0 Å². The Morgan fingerprint density at radius 1 is 1.24 bits per heavy atom. The third-order valence-corrected chi connectivity index (χ3v) is 3.41. The Bertz CT molecular complexity index is 421. The first-order chi connectivity index (χ1) is 7.80. The summed E-state index contributed by atoms with van der Waals surface area (Å²) in [5.41, 5.74) is 0.459. The zero-order valence-electron chi connectivity index (χ0n) is 11.1. The van der Waals surface area contributed by atoms with E-state index in [1.54, 1.807) is 6.20 Å². The molecule has 5 heteroatoms. The lowest BCUT2D eigenvalue weighted by Crippen LogP contribution is -2.41. The van der Waals surface area contributed by atoms with Crippen LogP contribution in [0.15, 0.2) is 12.2 Å². The highest BCUT2D eigenvalue weighted by atomic mass is 16.7. The second-order valence-electron chi connectivity index (χ2n) is 5.44. The third-order valence-electron chi connectivity index (χ3n) is 3.41. The maximum absolute atomic E-state index is 5.84. The molecule has 1 aliphatic rings. The lowest BCUT2D eigenvalue weighted by Gasteiger charge is -2.32. The topological polar surface area (TPSA) is 47.1 Å². The van der Waals surface area contributed by atoms with Gasteiger partial charge in [-0.3, -0.25) is 0 Å². The van der Waals surface area contributed by atoms with E-state index in [0.29, 0.717) is 0 Å². The molecule has 0 aromatic carbocycles. The Labute approximate surface area is 103 Å². The molecular weight excluding hydrogens is 215 g/mol. The molecule has 0 spiro atoms. The Kier molecular flexibility index (Phi) is 2.91. The summed E-state index contributed by atoms with van der Waals surface area (Å²) in [5, 5.41) is 0. The monoisotopic (exact) mass is 234 g/mol. The predicted molar refractivity (Wildman–Crippen MR) is 68.4 cm³/mol. The van der Waals surface area contributed by atoms with Gasteiger partial charge < -0.3 is 14.3 Å². The van der Waals surface area contributed by atoms with E-state index in [-0.39, 0.29) is 18.3 Å². The van der Waals surface area contributed by atoms with Crippen molar-refractivity contribution in [1.29, 1.82) is 0 Å². The van der Waals surface area contributed by atoms with Crippen LogP contribution >= 0.6 is 0 Å². The summed E-state index contributed by atoms with van der Waals surface area (Å²) in [6.45, 7) is 10.1. The highest BCUT2D eigenvalue weighted by Crippen LogP contribution is 2.36. The molecule has 0 bridgehead atoms. The molecule has 92 valence electrons. The Morgan fingerprint density at radius 2 is 1.82 bits per heavy atom. The van der Waals surface area contributed by atoms with Gasteiger partial charge >= 0.3 is 7.12 Å². The number of hydrogen-bond donors (Lipinski definition) is 1. The lowest BCUT2D eigenvalue weighted by atomic mass is 9.90. The molecule has 0 radical (unpaired) electrons. The van der Waals surface area contributed by atoms with Crippen molar-refractivity contribution >= 4 is 13.2 Å². The summed E-state index contributed by atoms with van der Waals surface area (Å²) < 4.78 is 11.7. The van der Waals surface area contributed by atoms with Crippen LogP contribution < -0.4 is 0 Å². The largest absolute Gasteiger partial charge is 0.487 e. The van der Waals surface area contributed by atoms with Crippen molar-refractivity contribution in [3.8, 4) is 0 Å². The van der Waals surface area contributed by atoms with Gasteiger partial charge in [-0.05, 0) is 40.7 Å². The summed E-state index contributed by atoms with van der Waals surface area (Å²) in [7, 11) is -0.314. The van der Waals surface area contributed by atoms with E-state index < -0.39 is 0 Å². The van der Waals surface area contributed by atoms with E-state index in [0.717, 1.165) is 11.5 Å². The highest BCUT2D eigenvalue weighted by molar-refractivity contribution is 6.52. The van der Waals surface area contributed by atoms with E-state index in [1.807, 2.05) is 46.7 Å². The molecule has 1 aromatic rings. The summed E-state index contributed by atoms with van der Waals surface area (Å²) in [6, 6.07) is 0. The normalized spacial score (nSPS) is 22.5. The summed E-state index contributed by atoms with van der Waals surface area (Å²) in [4.78, 5) is 7.33. The van der Waals surface area contributed by atoms with Crippen molar-refractivity contribution < 1.29 is 9.31 Å². The Morgan fingerprint density at radius 3 is 2.29 bits per heavy atom. The molecule has 0 atom stereocenters. The zero-order valence-corrected chi connectivity index (χ0v) is 11.1. The van der Waals surface area contributed by atoms with E-state index in [2.05, 4.69) is 9.97 Å². The van der Waals surface area contributed by atoms with Gasteiger partial charge in [0, 0.05) is 11.9 Å². The number of aryl methyl sites for hydroxylation is 1. The minimum absolute atomic E-state index is 0.291. The standard InChI is InChI=1S/C12H19BN2O2/c1-9-8-14-10(15-9)6-7-13-16-11(2,3)12(4,5)17-13/h6-8H,1-5H3,(H,14,15)/b7-6+. The average molecular weight is 234 g/mol. The van der Waals surface area contributed by atoms with Crippen LogP contribution in [0.5, 0.6) is 0 Å². The summed E-state index contributed by atoms with van der Waals surface area (Å²) >= 11 is 0. The highest BCUT2D eigenvalue weighted by Gasteiger charge is 2.49. The van der Waals surface area contributed by atoms with E-state index >= 15 is 0 Å². The maximum atomic E-state index is 5.84. The molecular formula is C12H19BN2O2. The van der Waals surface area contributed by atoms with Crippen molar-refractivity contribution in [2.24, 2.45) is 0 Å². The average Bonchev–Trinajstić information content (AvgIpc) is 2.67. The summed E-state index contributed by atoms with van der Waals surface area (Å²) in [6.07, 6.45) is 3.68. The summed E-state index contributed by atoms with van der Waals surface area (Å²) in [5.74, 6) is 2.70. The molecule has 1 saturated heterocycles. The number of nitrogens with one attached hydrogen (secondary N) is 1. The van der Waals surface area contributed by atoms with Crippen LogP contribution in [0.3, 0.4) is 0 Å². The van der Waals surface area contributed by atoms with Crippen LogP contribution in [0.25, 0.3) is 6.08 Å². The molecule has 1 aromatic heterocycles. The molecule has 0 unspecified atom stereocenters.